The molecule has 1 aliphatic carbocycles. The third-order valence-electron chi connectivity index (χ3n) is 7.92. The van der Waals surface area contributed by atoms with Gasteiger partial charge < -0.3 is 19.1 Å². The van der Waals surface area contributed by atoms with Crippen LogP contribution in [0.25, 0.3) is 0 Å². The summed E-state index contributed by atoms with van der Waals surface area (Å²) in [6, 6.07) is 11.6. The molecule has 1 saturated heterocycles. The molecule has 0 radical (unpaired) electrons. The number of ether oxygens (including phenoxy) is 2. The number of halogens is 1. The molecule has 2 aromatic carbocycles. The summed E-state index contributed by atoms with van der Waals surface area (Å²) >= 11 is 0. The molecule has 1 fully saturated rings. The Balaban J connectivity index is 1.41. The van der Waals surface area contributed by atoms with Crippen LogP contribution in [0.4, 0.5) is 4.39 Å². The third kappa shape index (κ3) is 6.49. The summed E-state index contributed by atoms with van der Waals surface area (Å²) in [5, 5.41) is 13.3. The number of aliphatic hydroxyl groups is 1. The molecule has 2 aliphatic rings. The minimum Gasteiger partial charge on any atom is -0.462 e. The van der Waals surface area contributed by atoms with E-state index >= 15 is 4.39 Å². The first-order chi connectivity index (χ1) is 21.6. The van der Waals surface area contributed by atoms with Gasteiger partial charge in [-0.2, -0.15) is 5.09 Å². The second kappa shape index (κ2) is 12.7. The predicted octanol–water partition coefficient (Wildman–Crippen LogP) is 3.35. The number of aromatic nitrogens is 2. The van der Waals surface area contributed by atoms with E-state index in [1.54, 1.807) is 32.0 Å². The Kier molecular flexibility index (Phi) is 9.22. The third-order valence-corrected chi connectivity index (χ3v) is 9.56. The van der Waals surface area contributed by atoms with E-state index in [2.05, 4.69) is 5.09 Å². The van der Waals surface area contributed by atoms with Crippen molar-refractivity contribution >= 4 is 19.5 Å². The molecule has 7 atom stereocenters. The van der Waals surface area contributed by atoms with Crippen molar-refractivity contribution in [3.63, 3.8) is 0 Å². The number of benzene rings is 2. The number of carbonyl (C=O) groups is 2. The maximum atomic E-state index is 15.7. The van der Waals surface area contributed by atoms with Gasteiger partial charge in [0.25, 0.3) is 5.56 Å². The molecule has 2 heterocycles. The van der Waals surface area contributed by atoms with E-state index in [-0.39, 0.29) is 17.5 Å². The number of hydrogen-bond acceptors (Lipinski definition) is 10. The van der Waals surface area contributed by atoms with E-state index in [0.717, 1.165) is 34.9 Å². The molecule has 3 N–H and O–H groups in total. The van der Waals surface area contributed by atoms with E-state index in [9.17, 15) is 28.8 Å². The van der Waals surface area contributed by atoms with Gasteiger partial charge in [0.15, 0.2) is 17.7 Å². The van der Waals surface area contributed by atoms with Crippen molar-refractivity contribution in [2.45, 2.75) is 76.8 Å². The molecule has 15 heteroatoms. The lowest BCUT2D eigenvalue weighted by Gasteiger charge is -2.27. The van der Waals surface area contributed by atoms with Gasteiger partial charge in [-0.1, -0.05) is 37.3 Å². The van der Waals surface area contributed by atoms with E-state index in [1.165, 1.54) is 19.1 Å². The second-order valence-electron chi connectivity index (χ2n) is 11.7. The van der Waals surface area contributed by atoms with Crippen LogP contribution in [0.3, 0.4) is 0 Å². The fourth-order valence-electron chi connectivity index (χ4n) is 5.55. The molecule has 13 nitrogen and oxygen atoms in total. The lowest BCUT2D eigenvalue weighted by Crippen LogP contribution is -2.43. The zero-order valence-corrected chi connectivity index (χ0v) is 26.7. The molecule has 2 unspecified atom stereocenters. The van der Waals surface area contributed by atoms with Crippen LogP contribution in [0.1, 0.15) is 73.8 Å². The monoisotopic (exact) mass is 659 g/mol. The predicted molar refractivity (Wildman–Crippen MR) is 163 cm³/mol. The molecule has 1 aromatic heterocycles. The highest BCUT2D eigenvalue weighted by Gasteiger charge is 2.56. The largest absolute Gasteiger partial charge is 0.462 e. The van der Waals surface area contributed by atoms with Gasteiger partial charge in [-0.3, -0.25) is 28.5 Å². The molecule has 46 heavy (non-hydrogen) atoms. The Morgan fingerprint density at radius 1 is 1.13 bits per heavy atom. The van der Waals surface area contributed by atoms with Crippen molar-refractivity contribution in [1.82, 2.24) is 14.6 Å². The minimum absolute atomic E-state index is 0.0279. The molecular formula is C31H35FN3O10P. The summed E-state index contributed by atoms with van der Waals surface area (Å²) in [4.78, 5) is 51.8. The van der Waals surface area contributed by atoms with Crippen LogP contribution < -0.4 is 20.9 Å². The summed E-state index contributed by atoms with van der Waals surface area (Å²) in [7, 11) is -4.55. The summed E-state index contributed by atoms with van der Waals surface area (Å²) in [6.07, 6.45) is -4.49. The molecule has 0 saturated carbocycles. The Labute approximate surface area is 263 Å². The fraction of sp³-hybridized carbons (Fsp3) is 0.419. The van der Waals surface area contributed by atoms with Gasteiger partial charge in [-0.15, -0.1) is 0 Å². The van der Waals surface area contributed by atoms with Gasteiger partial charge in [0.1, 0.15) is 24.0 Å². The quantitative estimate of drug-likeness (QED) is 0.215. The number of aromatic amines is 1. The first-order valence-corrected chi connectivity index (χ1v) is 16.2. The van der Waals surface area contributed by atoms with Crippen LogP contribution in [0.5, 0.6) is 5.75 Å². The Bertz CT molecular complexity index is 1820. The highest BCUT2D eigenvalue weighted by Crippen LogP contribution is 2.48. The average molecular weight is 660 g/mol. The summed E-state index contributed by atoms with van der Waals surface area (Å²) in [6.45, 7) is 6.88. The van der Waals surface area contributed by atoms with Crippen LogP contribution in [-0.4, -0.2) is 63.0 Å². The van der Waals surface area contributed by atoms with Crippen molar-refractivity contribution in [2.24, 2.45) is 0 Å². The molecule has 5 rings (SSSR count). The normalized spacial score (nSPS) is 25.8. The number of ketones is 1. The van der Waals surface area contributed by atoms with Crippen LogP contribution in [-0.2, 0) is 23.4 Å². The lowest BCUT2D eigenvalue weighted by molar-refractivity contribution is -0.149. The fourth-order valence-corrected chi connectivity index (χ4v) is 7.04. The number of aliphatic hydroxyl groups excluding tert-OH is 1. The Morgan fingerprint density at radius 2 is 1.83 bits per heavy atom. The summed E-state index contributed by atoms with van der Waals surface area (Å²) < 4.78 is 52.9. The number of rotatable bonds is 10. The van der Waals surface area contributed by atoms with Crippen molar-refractivity contribution in [3.8, 4) is 5.75 Å². The van der Waals surface area contributed by atoms with Gasteiger partial charge >= 0.3 is 19.4 Å². The van der Waals surface area contributed by atoms with E-state index in [1.807, 2.05) is 24.0 Å². The number of nitrogens with zero attached hydrogens (tertiary/aromatic N) is 1. The zero-order chi connectivity index (χ0) is 33.6. The Morgan fingerprint density at radius 3 is 2.52 bits per heavy atom. The molecule has 0 bridgehead atoms. The molecule has 3 aromatic rings. The van der Waals surface area contributed by atoms with Crippen LogP contribution in [0, 0.1) is 0 Å². The lowest BCUT2D eigenvalue weighted by atomic mass is 9.78. The molecular weight excluding hydrogens is 624 g/mol. The number of H-pyrrole nitrogens is 1. The topological polar surface area (TPSA) is 175 Å². The average Bonchev–Trinajstić information content (AvgIpc) is 3.22. The Hall–Kier alpha value is -3.94. The highest BCUT2D eigenvalue weighted by atomic mass is 31.2. The highest BCUT2D eigenvalue weighted by molar-refractivity contribution is 7.52. The van der Waals surface area contributed by atoms with Crippen molar-refractivity contribution < 1.29 is 42.2 Å². The first kappa shape index (κ1) is 33.4. The van der Waals surface area contributed by atoms with E-state index < -0.39 is 67.8 Å². The molecule has 0 amide bonds. The number of nitrogens with one attached hydrogen (secondary N) is 2. The maximum Gasteiger partial charge on any atom is 0.459 e. The molecule has 246 valence electrons. The second-order valence-corrected chi connectivity index (χ2v) is 13.4. The SMILES string of the molecule is CC(C)OC(=O)[C@H](C)NP(=O)(OC[C@H]1O[C@@H](n2ccc(=O)[nH]c2=O)[C@](C)(F)[C@@H]1O)Oc1ccc2c(c1)C(=O)c1ccccc1C2C. The summed E-state index contributed by atoms with van der Waals surface area (Å²) in [5.74, 6) is -1.15. The number of alkyl halides is 1. The van der Waals surface area contributed by atoms with E-state index in [4.69, 9.17) is 18.5 Å². The van der Waals surface area contributed by atoms with Crippen molar-refractivity contribution in [2.75, 3.05) is 6.61 Å². The number of fused-ring (bicyclic) bond motifs is 2. The van der Waals surface area contributed by atoms with Gasteiger partial charge in [-0.05, 0) is 51.0 Å². The van der Waals surface area contributed by atoms with Crippen LogP contribution in [0.15, 0.2) is 64.3 Å². The van der Waals surface area contributed by atoms with Crippen LogP contribution >= 0.6 is 7.75 Å². The molecule has 0 spiro atoms. The first-order valence-electron chi connectivity index (χ1n) is 14.6. The van der Waals surface area contributed by atoms with Crippen molar-refractivity contribution in [1.29, 1.82) is 0 Å². The minimum atomic E-state index is -4.55. The number of carbonyl (C=O) groups excluding carboxylic acids is 2. The van der Waals surface area contributed by atoms with Gasteiger partial charge in [-0.25, -0.2) is 13.8 Å². The number of hydrogen-bond donors (Lipinski definition) is 3. The number of esters is 1. The zero-order valence-electron chi connectivity index (χ0n) is 25.8. The van der Waals surface area contributed by atoms with Gasteiger partial charge in [0.2, 0.25) is 0 Å². The smallest absolute Gasteiger partial charge is 0.459 e. The van der Waals surface area contributed by atoms with Gasteiger partial charge in [0, 0.05) is 29.3 Å². The van der Waals surface area contributed by atoms with Crippen molar-refractivity contribution in [3.05, 3.63) is 97.8 Å². The summed E-state index contributed by atoms with van der Waals surface area (Å²) in [5.41, 5.74) is -1.76. The van der Waals surface area contributed by atoms with Crippen LogP contribution in [0.2, 0.25) is 0 Å². The van der Waals surface area contributed by atoms with Gasteiger partial charge in [0.05, 0.1) is 12.7 Å². The standard InChI is InChI=1S/C31H35FN3O10P/c1-16(2)43-28(39)18(4)34-46(41,42-15-24-27(38)31(5,32)29(44-24)35-13-12-25(36)33-30(35)40)45-19-10-11-21-17(3)20-8-6-7-9-22(20)26(37)23(21)14-19/h6-14,16-18,24,27,29,38H,15H2,1-5H3,(H,34,41)(H,33,36,40)/t17?,18-,24+,27+,29+,31+,46?/m0/s1. The molecule has 1 aliphatic heterocycles. The maximum absolute atomic E-state index is 15.7. The van der Waals surface area contributed by atoms with E-state index in [0.29, 0.717) is 11.1 Å².